The van der Waals surface area contributed by atoms with E-state index in [1.807, 2.05) is 44.2 Å². The molecule has 6 heteroatoms. The van der Waals surface area contributed by atoms with Gasteiger partial charge in [-0.1, -0.05) is 44.2 Å². The number of aromatic nitrogens is 4. The van der Waals surface area contributed by atoms with E-state index in [4.69, 9.17) is 0 Å². The molecule has 1 aromatic carbocycles. The molecule has 0 fully saturated rings. The van der Waals surface area contributed by atoms with E-state index in [1.165, 1.54) is 0 Å². The van der Waals surface area contributed by atoms with Crippen molar-refractivity contribution < 1.29 is 9.90 Å². The Bertz CT molecular complexity index is 542. The van der Waals surface area contributed by atoms with Crippen molar-refractivity contribution in [2.24, 2.45) is 5.92 Å². The van der Waals surface area contributed by atoms with Crippen molar-refractivity contribution in [3.8, 4) is 0 Å². The van der Waals surface area contributed by atoms with Gasteiger partial charge in [-0.25, -0.2) is 5.10 Å². The molecule has 1 aromatic heterocycles. The first-order valence-electron chi connectivity index (χ1n) is 6.66. The molecule has 1 unspecified atom stereocenters. The van der Waals surface area contributed by atoms with Gasteiger partial charge in [0.2, 0.25) is 0 Å². The van der Waals surface area contributed by atoms with Gasteiger partial charge in [0.25, 0.3) is 0 Å². The highest BCUT2D eigenvalue weighted by atomic mass is 16.4. The number of hydrogen-bond acceptors (Lipinski definition) is 4. The lowest BCUT2D eigenvalue weighted by Gasteiger charge is -2.26. The van der Waals surface area contributed by atoms with Crippen LogP contribution < -0.4 is 0 Å². The zero-order chi connectivity index (χ0) is 14.5. The molecule has 2 N–H and O–H groups in total. The molecule has 1 heterocycles. The van der Waals surface area contributed by atoms with Gasteiger partial charge in [-0.15, -0.1) is 5.10 Å². The monoisotopic (exact) mass is 274 g/mol. The Morgan fingerprint density at radius 1 is 1.35 bits per heavy atom. The number of nitrogens with zero attached hydrogens (tertiary/aromatic N) is 3. The SMILES string of the molecule is CC[C@H](C(=O)O)[C@@H](c1nnn[nH]1)C(C)c1ccccc1. The summed E-state index contributed by atoms with van der Waals surface area (Å²) in [6.07, 6.45) is 0.526. The van der Waals surface area contributed by atoms with E-state index in [1.54, 1.807) is 0 Å². The van der Waals surface area contributed by atoms with E-state index in [-0.39, 0.29) is 11.8 Å². The molecule has 0 radical (unpaired) electrons. The fourth-order valence-corrected chi connectivity index (χ4v) is 2.63. The second-order valence-corrected chi connectivity index (χ2v) is 4.86. The number of H-pyrrole nitrogens is 1. The minimum absolute atomic E-state index is 0.00648. The lowest BCUT2D eigenvalue weighted by atomic mass is 9.77. The van der Waals surface area contributed by atoms with Crippen LogP contribution in [0.15, 0.2) is 30.3 Å². The molecule has 2 rings (SSSR count). The van der Waals surface area contributed by atoms with E-state index in [0.29, 0.717) is 12.2 Å². The summed E-state index contributed by atoms with van der Waals surface area (Å²) in [7, 11) is 0. The van der Waals surface area contributed by atoms with Gasteiger partial charge in [0.1, 0.15) is 0 Å². The van der Waals surface area contributed by atoms with Crippen LogP contribution in [0.4, 0.5) is 0 Å². The van der Waals surface area contributed by atoms with Crippen molar-refractivity contribution in [1.29, 1.82) is 0 Å². The van der Waals surface area contributed by atoms with Crippen molar-refractivity contribution in [1.82, 2.24) is 20.6 Å². The quantitative estimate of drug-likeness (QED) is 0.842. The summed E-state index contributed by atoms with van der Waals surface area (Å²) < 4.78 is 0. The maximum Gasteiger partial charge on any atom is 0.307 e. The van der Waals surface area contributed by atoms with Crippen LogP contribution >= 0.6 is 0 Å². The number of aromatic amines is 1. The molecular weight excluding hydrogens is 256 g/mol. The molecule has 0 saturated heterocycles. The Kier molecular flexibility index (Phi) is 4.45. The molecule has 3 atom stereocenters. The number of carboxylic acid groups (broad SMARTS) is 1. The molecule has 0 aliphatic rings. The van der Waals surface area contributed by atoms with Gasteiger partial charge in [-0.05, 0) is 28.3 Å². The van der Waals surface area contributed by atoms with Crippen molar-refractivity contribution >= 4 is 5.97 Å². The molecule has 2 aromatic rings. The third kappa shape index (κ3) is 2.84. The minimum atomic E-state index is -0.823. The van der Waals surface area contributed by atoms with Crippen LogP contribution in [0, 0.1) is 5.92 Å². The standard InChI is InChI=1S/C14H18N4O2/c1-3-11(14(19)20)12(13-15-17-18-16-13)9(2)10-7-5-4-6-8-10/h4-9,11-12H,3H2,1-2H3,(H,19,20)(H,15,16,17,18)/t9?,11-,12-/m0/s1. The van der Waals surface area contributed by atoms with E-state index in [0.717, 1.165) is 5.56 Å². The zero-order valence-corrected chi connectivity index (χ0v) is 11.5. The first-order valence-corrected chi connectivity index (χ1v) is 6.66. The van der Waals surface area contributed by atoms with Crippen LogP contribution in [0.1, 0.15) is 43.5 Å². The average molecular weight is 274 g/mol. The van der Waals surface area contributed by atoms with E-state index in [9.17, 15) is 9.90 Å². The summed E-state index contributed by atoms with van der Waals surface area (Å²) in [5.74, 6) is -1.10. The molecule has 0 spiro atoms. The predicted molar refractivity (Wildman–Crippen MR) is 73.2 cm³/mol. The van der Waals surface area contributed by atoms with E-state index < -0.39 is 11.9 Å². The van der Waals surface area contributed by atoms with Crippen LogP contribution in [0.3, 0.4) is 0 Å². The fraction of sp³-hybridized carbons (Fsp3) is 0.429. The van der Waals surface area contributed by atoms with Crippen LogP contribution in [0.25, 0.3) is 0 Å². The number of benzene rings is 1. The zero-order valence-electron chi connectivity index (χ0n) is 11.5. The number of rotatable bonds is 6. The number of carboxylic acids is 1. The summed E-state index contributed by atoms with van der Waals surface area (Å²) in [5.41, 5.74) is 1.08. The first-order chi connectivity index (χ1) is 9.65. The normalized spacial score (nSPS) is 15.5. The van der Waals surface area contributed by atoms with Crippen molar-refractivity contribution in [2.45, 2.75) is 32.1 Å². The van der Waals surface area contributed by atoms with Gasteiger partial charge in [0.05, 0.1) is 5.92 Å². The Morgan fingerprint density at radius 2 is 2.05 bits per heavy atom. The average Bonchev–Trinajstić information content (AvgIpc) is 2.98. The maximum absolute atomic E-state index is 11.5. The van der Waals surface area contributed by atoms with Gasteiger partial charge in [0.15, 0.2) is 5.82 Å². The third-order valence-corrected chi connectivity index (χ3v) is 3.73. The summed E-state index contributed by atoms with van der Waals surface area (Å²) in [4.78, 5) is 11.5. The number of nitrogens with one attached hydrogen (secondary N) is 1. The summed E-state index contributed by atoms with van der Waals surface area (Å²) in [6.45, 7) is 3.88. The van der Waals surface area contributed by atoms with Crippen molar-refractivity contribution in [3.63, 3.8) is 0 Å². The Balaban J connectivity index is 2.39. The lowest BCUT2D eigenvalue weighted by Crippen LogP contribution is -2.26. The fourth-order valence-electron chi connectivity index (χ4n) is 2.63. The van der Waals surface area contributed by atoms with Gasteiger partial charge < -0.3 is 5.11 Å². The maximum atomic E-state index is 11.5. The summed E-state index contributed by atoms with van der Waals surface area (Å²) >= 11 is 0. The minimum Gasteiger partial charge on any atom is -0.481 e. The number of hydrogen-bond donors (Lipinski definition) is 2. The van der Waals surface area contributed by atoms with E-state index >= 15 is 0 Å². The molecule has 0 aliphatic carbocycles. The van der Waals surface area contributed by atoms with Gasteiger partial charge in [-0.3, -0.25) is 4.79 Å². The number of carbonyl (C=O) groups is 1. The highest BCUT2D eigenvalue weighted by Gasteiger charge is 2.35. The second kappa shape index (κ2) is 6.27. The lowest BCUT2D eigenvalue weighted by molar-refractivity contribution is -0.143. The molecular formula is C14H18N4O2. The topological polar surface area (TPSA) is 91.8 Å². The molecule has 0 saturated carbocycles. The van der Waals surface area contributed by atoms with Crippen LogP contribution in [0.2, 0.25) is 0 Å². The highest BCUT2D eigenvalue weighted by Crippen LogP contribution is 2.38. The molecule has 6 nitrogen and oxygen atoms in total. The highest BCUT2D eigenvalue weighted by molar-refractivity contribution is 5.71. The molecule has 0 bridgehead atoms. The van der Waals surface area contributed by atoms with Gasteiger partial charge >= 0.3 is 5.97 Å². The van der Waals surface area contributed by atoms with E-state index in [2.05, 4.69) is 20.6 Å². The smallest absolute Gasteiger partial charge is 0.307 e. The van der Waals surface area contributed by atoms with Gasteiger partial charge in [0, 0.05) is 5.92 Å². The summed E-state index contributed by atoms with van der Waals surface area (Å²) in [6, 6.07) is 9.83. The van der Waals surface area contributed by atoms with Crippen molar-refractivity contribution in [2.75, 3.05) is 0 Å². The number of tetrazole rings is 1. The molecule has 0 amide bonds. The summed E-state index contributed by atoms with van der Waals surface area (Å²) in [5, 5.41) is 23.3. The van der Waals surface area contributed by atoms with Crippen LogP contribution in [-0.2, 0) is 4.79 Å². The van der Waals surface area contributed by atoms with Gasteiger partial charge in [-0.2, -0.15) is 0 Å². The molecule has 106 valence electrons. The Hall–Kier alpha value is -2.24. The predicted octanol–water partition coefficient (Wildman–Crippen LogP) is 2.20. The third-order valence-electron chi connectivity index (χ3n) is 3.73. The molecule has 0 aliphatic heterocycles. The van der Waals surface area contributed by atoms with Crippen molar-refractivity contribution in [3.05, 3.63) is 41.7 Å². The Labute approximate surface area is 117 Å². The largest absolute Gasteiger partial charge is 0.481 e. The van der Waals surface area contributed by atoms with Crippen LogP contribution in [-0.4, -0.2) is 31.7 Å². The first kappa shape index (κ1) is 14.2. The van der Waals surface area contributed by atoms with Crippen LogP contribution in [0.5, 0.6) is 0 Å². The Morgan fingerprint density at radius 3 is 2.55 bits per heavy atom. The number of aliphatic carboxylic acids is 1. The molecule has 20 heavy (non-hydrogen) atoms. The second-order valence-electron chi connectivity index (χ2n) is 4.86.